The smallest absolute Gasteiger partial charge is 0.271 e. The van der Waals surface area contributed by atoms with E-state index in [2.05, 4.69) is 0 Å². The molecule has 158 valence electrons. The Morgan fingerprint density at radius 2 is 0.640 bits per heavy atom. The summed E-state index contributed by atoms with van der Waals surface area (Å²) in [7, 11) is -16.7. The first kappa shape index (κ1) is 46.5. The normalized spacial score (nSPS) is 15.6. The van der Waals surface area contributed by atoms with Gasteiger partial charge in [0.1, 0.15) is 15.0 Å². The van der Waals surface area contributed by atoms with Crippen molar-refractivity contribution in [3.8, 4) is 0 Å². The molecule has 19 heteroatoms. The molecule has 3 atom stereocenters. The summed E-state index contributed by atoms with van der Waals surface area (Å²) in [6.07, 6.45) is 0. The second-order valence-electron chi connectivity index (χ2n) is 3.79. The van der Waals surface area contributed by atoms with E-state index in [1.165, 1.54) is 0 Å². The molecule has 0 fully saturated rings. The van der Waals surface area contributed by atoms with Crippen molar-refractivity contribution in [3.63, 3.8) is 0 Å². The van der Waals surface area contributed by atoms with Gasteiger partial charge in [-0.15, -0.1) is 0 Å². The van der Waals surface area contributed by atoms with Crippen molar-refractivity contribution >= 4 is 38.3 Å². The van der Waals surface area contributed by atoms with Crippen molar-refractivity contribution in [2.24, 2.45) is 0 Å². The van der Waals surface area contributed by atoms with Gasteiger partial charge in [0.2, 0.25) is 0 Å². The van der Waals surface area contributed by atoms with Crippen LogP contribution in [0.2, 0.25) is 0 Å². The summed E-state index contributed by atoms with van der Waals surface area (Å²) in [5.41, 5.74) is 0. The molecule has 0 aromatic rings. The van der Waals surface area contributed by atoms with Gasteiger partial charge < -0.3 is 0 Å². The monoisotopic (exact) mass is 688 g/mol. The second-order valence-corrected chi connectivity index (χ2v) is 13.3. The van der Waals surface area contributed by atoms with E-state index in [0.717, 1.165) is 20.8 Å². The number of hydrogen-bond donors (Lipinski definition) is 3. The molecule has 0 bridgehead atoms. The largest absolute Gasteiger partial charge is 0.285 e. The molecule has 0 heterocycles. The zero-order valence-electron chi connectivity index (χ0n) is 12.5. The molecule has 3 N–H and O–H groups in total. The first-order valence-electron chi connectivity index (χ1n) is 4.76. The molecule has 0 aliphatic heterocycles. The van der Waals surface area contributed by atoms with Crippen LogP contribution in [0.1, 0.15) is 20.8 Å². The molecular weight excluding hydrogens is 673 g/mol. The predicted molar refractivity (Wildman–Crippen MR) is 70.0 cm³/mol. The summed E-state index contributed by atoms with van der Waals surface area (Å²) in [5.74, 6) is 0. The first-order chi connectivity index (χ1) is 8.10. The van der Waals surface area contributed by atoms with Crippen molar-refractivity contribution in [1.29, 1.82) is 0 Å². The van der Waals surface area contributed by atoms with Gasteiger partial charge in [0.05, 0.1) is 0 Å². The van der Waals surface area contributed by atoms with E-state index < -0.39 is 53.2 Å². The fourth-order valence-electron chi connectivity index (χ4n) is 1.35. The van der Waals surface area contributed by atoms with Gasteiger partial charge >= 0.3 is 0 Å². The van der Waals surface area contributed by atoms with Crippen molar-refractivity contribution < 1.29 is 141 Å². The quantitative estimate of drug-likeness (QED) is 0.201. The molecule has 0 aliphatic rings. The van der Waals surface area contributed by atoms with E-state index in [1.54, 1.807) is 0 Å². The fourth-order valence-corrected chi connectivity index (χ4v) is 10.8. The second kappa shape index (κ2) is 17.0. The third-order valence-corrected chi connectivity index (χ3v) is 12.2. The molecule has 25 heavy (non-hydrogen) atoms. The molecule has 0 rings (SSSR count). The maximum atomic E-state index is 11.1. The Bertz CT molecular complexity index is 548. The average molecular weight is 688 g/mol. The molecule has 0 amide bonds. The third kappa shape index (κ3) is 15.7. The van der Waals surface area contributed by atoms with Crippen LogP contribution in [0.5, 0.6) is 0 Å². The van der Waals surface area contributed by atoms with Crippen molar-refractivity contribution in [2.45, 2.75) is 35.7 Å². The predicted octanol–water partition coefficient (Wildman–Crippen LogP) is 0.155. The van der Waals surface area contributed by atoms with Crippen LogP contribution in [0, 0.1) is 0 Å². The van der Waals surface area contributed by atoms with Crippen LogP contribution >= 0.6 is 7.92 Å². The first-order valence-corrected chi connectivity index (χ1v) is 10.8. The summed E-state index contributed by atoms with van der Waals surface area (Å²) in [4.78, 5) is -5.26. The minimum absolute atomic E-state index is 0. The molecule has 3 unspecified atom stereocenters. The van der Waals surface area contributed by atoms with Gasteiger partial charge in [0.15, 0.2) is 0 Å². The molecular formula is C6H15Mn6O9PS3. The van der Waals surface area contributed by atoms with Crippen LogP contribution in [0.25, 0.3) is 0 Å². The Hall–Kier alpha value is 3.28. The Labute approximate surface area is 213 Å². The number of hydrogen-bond acceptors (Lipinski definition) is 6. The van der Waals surface area contributed by atoms with Crippen LogP contribution in [-0.2, 0) is 133 Å². The topological polar surface area (TPSA) is 163 Å². The van der Waals surface area contributed by atoms with Gasteiger partial charge in [0, 0.05) is 102 Å². The molecule has 9 nitrogen and oxygen atoms in total. The summed E-state index contributed by atoms with van der Waals surface area (Å²) >= 11 is 0. The van der Waals surface area contributed by atoms with Gasteiger partial charge in [-0.05, 0) is 28.7 Å². The Morgan fingerprint density at radius 1 is 0.520 bits per heavy atom. The average Bonchev–Trinajstić information content (AvgIpc) is 2.13. The summed E-state index contributed by atoms with van der Waals surface area (Å²) in [5, 5.41) is 0. The zero-order chi connectivity index (χ0) is 15.8. The third-order valence-electron chi connectivity index (χ3n) is 2.55. The SMILES string of the molecule is CC(P(C(C)S(=O)(=O)O)C(C)S(=O)(=O)O)S(=O)(=O)O.[Mn].[Mn].[Mn].[Mn].[Mn].[Mn]. The van der Waals surface area contributed by atoms with E-state index in [0.29, 0.717) is 0 Å². The van der Waals surface area contributed by atoms with Crippen molar-refractivity contribution in [2.75, 3.05) is 0 Å². The maximum absolute atomic E-state index is 11.1. The van der Waals surface area contributed by atoms with Crippen LogP contribution < -0.4 is 0 Å². The van der Waals surface area contributed by atoms with Gasteiger partial charge in [-0.25, -0.2) is 0 Å². The molecule has 6 radical (unpaired) electrons. The minimum Gasteiger partial charge on any atom is -0.285 e. The van der Waals surface area contributed by atoms with Crippen LogP contribution in [0.3, 0.4) is 0 Å². The minimum atomic E-state index is -4.73. The van der Waals surface area contributed by atoms with E-state index in [-0.39, 0.29) is 102 Å². The van der Waals surface area contributed by atoms with Crippen LogP contribution in [0.15, 0.2) is 0 Å². The summed E-state index contributed by atoms with van der Waals surface area (Å²) in [6, 6.07) is 0. The maximum Gasteiger partial charge on any atom is 0.271 e. The van der Waals surface area contributed by atoms with Crippen LogP contribution in [0.4, 0.5) is 0 Å². The molecule has 0 aliphatic carbocycles. The zero-order valence-corrected chi connectivity index (χ0v) is 22.9. The van der Waals surface area contributed by atoms with Gasteiger partial charge in [-0.1, -0.05) is 0 Å². The Morgan fingerprint density at radius 3 is 0.720 bits per heavy atom. The van der Waals surface area contributed by atoms with E-state index in [9.17, 15) is 25.3 Å². The number of rotatable bonds is 6. The Kier molecular flexibility index (Phi) is 31.6. The van der Waals surface area contributed by atoms with E-state index in [4.69, 9.17) is 13.7 Å². The molecule has 0 saturated carbocycles. The fraction of sp³-hybridized carbons (Fsp3) is 1.00. The Balaban J connectivity index is -0.000000108. The van der Waals surface area contributed by atoms with Gasteiger partial charge in [-0.3, -0.25) is 13.7 Å². The van der Waals surface area contributed by atoms with E-state index in [1.807, 2.05) is 0 Å². The summed E-state index contributed by atoms with van der Waals surface area (Å²) < 4.78 is 93.1. The van der Waals surface area contributed by atoms with Gasteiger partial charge in [0.25, 0.3) is 30.4 Å². The van der Waals surface area contributed by atoms with E-state index >= 15 is 0 Å². The molecule has 0 saturated heterocycles. The van der Waals surface area contributed by atoms with Crippen molar-refractivity contribution in [3.05, 3.63) is 0 Å². The summed E-state index contributed by atoms with van der Waals surface area (Å²) in [6.45, 7) is 2.72. The van der Waals surface area contributed by atoms with Crippen molar-refractivity contribution in [1.82, 2.24) is 0 Å². The molecule has 0 aromatic heterocycles. The van der Waals surface area contributed by atoms with Gasteiger partial charge in [-0.2, -0.15) is 25.3 Å². The molecule has 0 spiro atoms. The van der Waals surface area contributed by atoms with Crippen LogP contribution in [-0.4, -0.2) is 53.9 Å². The molecule has 0 aromatic carbocycles. The standard InChI is InChI=1S/C6H15O9PS3.6Mn/c1-4(17(7,8)9)16(5(2)18(10,11)12)6(3)19(13,14)15;;;;;;/h4-6H,1-3H3,(H,7,8,9)(H,10,11,12)(H,13,14,15);;;;;;.